The molecule has 0 aliphatic rings. The van der Waals surface area contributed by atoms with E-state index in [-0.39, 0.29) is 5.91 Å². The Hall–Kier alpha value is -2.40. The maximum absolute atomic E-state index is 12.1. The van der Waals surface area contributed by atoms with Gasteiger partial charge in [-0.3, -0.25) is 4.79 Å². The average Bonchev–Trinajstić information content (AvgIpc) is 2.59. The highest BCUT2D eigenvalue weighted by atomic mass is 35.5. The zero-order valence-corrected chi connectivity index (χ0v) is 15.4. The largest absolute Gasteiger partial charge is 0.495 e. The fourth-order valence-corrected chi connectivity index (χ4v) is 2.45. The number of anilines is 2. The number of carbonyl (C=O) groups excluding carboxylic acids is 1. The molecule has 2 N–H and O–H groups in total. The minimum atomic E-state index is -0.0986. The fourth-order valence-electron chi connectivity index (χ4n) is 2.30. The van der Waals surface area contributed by atoms with Crippen molar-refractivity contribution < 1.29 is 14.3 Å². The van der Waals surface area contributed by atoms with E-state index in [4.69, 9.17) is 21.1 Å². The third-order valence-electron chi connectivity index (χ3n) is 3.60. The molecule has 6 heteroatoms. The number of methoxy groups -OCH3 is 1. The van der Waals surface area contributed by atoms with Crippen LogP contribution < -0.4 is 20.1 Å². The van der Waals surface area contributed by atoms with E-state index in [1.54, 1.807) is 19.2 Å². The Morgan fingerprint density at radius 3 is 2.56 bits per heavy atom. The van der Waals surface area contributed by atoms with Crippen molar-refractivity contribution in [3.8, 4) is 11.5 Å². The zero-order chi connectivity index (χ0) is 18.2. The molecule has 0 bridgehead atoms. The number of amides is 1. The standard InChI is InChI=1S/C19H23ClN2O3/c1-4-25-15-7-5-14(6-8-15)21-10-9-19(23)22-17-11-13(2)16(20)12-18(17)24-3/h5-8,11-12,21H,4,9-10H2,1-3H3,(H,22,23). The Morgan fingerprint density at radius 1 is 1.20 bits per heavy atom. The Kier molecular flexibility index (Phi) is 6.95. The quantitative estimate of drug-likeness (QED) is 0.726. The van der Waals surface area contributed by atoms with Crippen LogP contribution >= 0.6 is 11.6 Å². The molecule has 0 heterocycles. The first-order chi connectivity index (χ1) is 12.0. The summed E-state index contributed by atoms with van der Waals surface area (Å²) in [5.41, 5.74) is 2.44. The Balaban J connectivity index is 1.85. The lowest BCUT2D eigenvalue weighted by Crippen LogP contribution is -2.16. The molecule has 0 aromatic heterocycles. The maximum atomic E-state index is 12.1. The van der Waals surface area contributed by atoms with Gasteiger partial charge in [0.1, 0.15) is 11.5 Å². The van der Waals surface area contributed by atoms with E-state index in [1.165, 1.54) is 0 Å². The van der Waals surface area contributed by atoms with Crippen LogP contribution in [0.2, 0.25) is 5.02 Å². The molecule has 2 aromatic rings. The van der Waals surface area contributed by atoms with Crippen LogP contribution in [0.25, 0.3) is 0 Å². The highest BCUT2D eigenvalue weighted by Gasteiger charge is 2.10. The summed E-state index contributed by atoms with van der Waals surface area (Å²) in [7, 11) is 1.55. The number of benzene rings is 2. The van der Waals surface area contributed by atoms with Crippen LogP contribution in [-0.4, -0.2) is 26.2 Å². The van der Waals surface area contributed by atoms with Gasteiger partial charge in [0, 0.05) is 29.7 Å². The van der Waals surface area contributed by atoms with E-state index in [0.29, 0.717) is 36.0 Å². The molecule has 2 aromatic carbocycles. The lowest BCUT2D eigenvalue weighted by atomic mass is 10.2. The van der Waals surface area contributed by atoms with E-state index >= 15 is 0 Å². The van der Waals surface area contributed by atoms with Crippen molar-refractivity contribution in [2.45, 2.75) is 20.3 Å². The molecule has 0 aliphatic carbocycles. The van der Waals surface area contributed by atoms with Gasteiger partial charge in [0.15, 0.2) is 0 Å². The molecule has 0 radical (unpaired) electrons. The number of hydrogen-bond acceptors (Lipinski definition) is 4. The van der Waals surface area contributed by atoms with E-state index in [2.05, 4.69) is 10.6 Å². The van der Waals surface area contributed by atoms with Crippen molar-refractivity contribution in [1.82, 2.24) is 0 Å². The molecule has 1 amide bonds. The van der Waals surface area contributed by atoms with Crippen molar-refractivity contribution in [2.24, 2.45) is 0 Å². The van der Waals surface area contributed by atoms with Gasteiger partial charge in [-0.1, -0.05) is 11.6 Å². The SMILES string of the molecule is CCOc1ccc(NCCC(=O)Nc2cc(C)c(Cl)cc2OC)cc1. The number of hydrogen-bond donors (Lipinski definition) is 2. The van der Waals surface area contributed by atoms with Crippen LogP contribution in [-0.2, 0) is 4.79 Å². The number of ether oxygens (including phenoxy) is 2. The number of carbonyl (C=O) groups is 1. The first-order valence-corrected chi connectivity index (χ1v) is 8.52. The Labute approximate surface area is 153 Å². The summed E-state index contributed by atoms with van der Waals surface area (Å²) < 4.78 is 10.7. The predicted molar refractivity (Wildman–Crippen MR) is 102 cm³/mol. The Bertz CT molecular complexity index is 717. The molecule has 25 heavy (non-hydrogen) atoms. The van der Waals surface area contributed by atoms with Crippen LogP contribution in [0, 0.1) is 6.92 Å². The minimum Gasteiger partial charge on any atom is -0.495 e. The molecule has 0 atom stereocenters. The van der Waals surface area contributed by atoms with Crippen molar-refractivity contribution >= 4 is 28.9 Å². The zero-order valence-electron chi connectivity index (χ0n) is 14.7. The molecule has 134 valence electrons. The lowest BCUT2D eigenvalue weighted by molar-refractivity contribution is -0.116. The summed E-state index contributed by atoms with van der Waals surface area (Å²) in [6.45, 7) is 4.99. The third-order valence-corrected chi connectivity index (χ3v) is 4.01. The molecule has 0 aliphatic heterocycles. The molecule has 0 spiro atoms. The maximum Gasteiger partial charge on any atom is 0.226 e. The number of nitrogens with one attached hydrogen (secondary N) is 2. The van der Waals surface area contributed by atoms with Crippen molar-refractivity contribution in [3.63, 3.8) is 0 Å². The molecule has 0 saturated heterocycles. The number of halogens is 1. The second-order valence-corrected chi connectivity index (χ2v) is 5.89. The highest BCUT2D eigenvalue weighted by molar-refractivity contribution is 6.31. The smallest absolute Gasteiger partial charge is 0.226 e. The molecule has 2 rings (SSSR count). The first kappa shape index (κ1) is 18.9. The second-order valence-electron chi connectivity index (χ2n) is 5.48. The van der Waals surface area contributed by atoms with E-state index in [1.807, 2.05) is 38.1 Å². The van der Waals surface area contributed by atoms with Crippen molar-refractivity contribution in [3.05, 3.63) is 47.0 Å². The van der Waals surface area contributed by atoms with Gasteiger partial charge >= 0.3 is 0 Å². The molecule has 0 fully saturated rings. The molecule has 0 unspecified atom stereocenters. The summed E-state index contributed by atoms with van der Waals surface area (Å²) in [6, 6.07) is 11.1. The molecular formula is C19H23ClN2O3. The first-order valence-electron chi connectivity index (χ1n) is 8.14. The summed E-state index contributed by atoms with van der Waals surface area (Å²) in [5, 5.41) is 6.67. The average molecular weight is 363 g/mol. The van der Waals surface area contributed by atoms with Gasteiger partial charge in [0.2, 0.25) is 5.91 Å². The van der Waals surface area contributed by atoms with Gasteiger partial charge in [0.25, 0.3) is 0 Å². The van der Waals surface area contributed by atoms with Gasteiger partial charge in [-0.2, -0.15) is 0 Å². The monoisotopic (exact) mass is 362 g/mol. The van der Waals surface area contributed by atoms with Crippen LogP contribution in [0.1, 0.15) is 18.9 Å². The van der Waals surface area contributed by atoms with Gasteiger partial charge in [-0.15, -0.1) is 0 Å². The topological polar surface area (TPSA) is 59.6 Å². The predicted octanol–water partition coefficient (Wildman–Crippen LogP) is 4.50. The van der Waals surface area contributed by atoms with Gasteiger partial charge < -0.3 is 20.1 Å². The number of aryl methyl sites for hydroxylation is 1. The van der Waals surface area contributed by atoms with Gasteiger partial charge in [-0.05, 0) is 49.7 Å². The normalized spacial score (nSPS) is 10.2. The fraction of sp³-hybridized carbons (Fsp3) is 0.316. The van der Waals surface area contributed by atoms with E-state index < -0.39 is 0 Å². The third kappa shape index (κ3) is 5.57. The molecular weight excluding hydrogens is 340 g/mol. The van der Waals surface area contributed by atoms with E-state index in [0.717, 1.165) is 17.0 Å². The van der Waals surface area contributed by atoms with Crippen LogP contribution in [0.5, 0.6) is 11.5 Å². The van der Waals surface area contributed by atoms with Crippen LogP contribution in [0.4, 0.5) is 11.4 Å². The summed E-state index contributed by atoms with van der Waals surface area (Å²) in [5.74, 6) is 1.28. The van der Waals surface area contributed by atoms with Crippen LogP contribution in [0.3, 0.4) is 0 Å². The highest BCUT2D eigenvalue weighted by Crippen LogP contribution is 2.31. The lowest BCUT2D eigenvalue weighted by Gasteiger charge is -2.13. The summed E-state index contributed by atoms with van der Waals surface area (Å²) in [4.78, 5) is 12.1. The molecule has 5 nitrogen and oxygen atoms in total. The second kappa shape index (κ2) is 9.18. The molecule has 0 saturated carbocycles. The van der Waals surface area contributed by atoms with E-state index in [9.17, 15) is 4.79 Å². The summed E-state index contributed by atoms with van der Waals surface area (Å²) in [6.07, 6.45) is 0.331. The van der Waals surface area contributed by atoms with Crippen LogP contribution in [0.15, 0.2) is 36.4 Å². The van der Waals surface area contributed by atoms with Crippen molar-refractivity contribution in [2.75, 3.05) is 30.9 Å². The van der Waals surface area contributed by atoms with Gasteiger partial charge in [0.05, 0.1) is 19.4 Å². The summed E-state index contributed by atoms with van der Waals surface area (Å²) >= 11 is 6.07. The van der Waals surface area contributed by atoms with Gasteiger partial charge in [-0.25, -0.2) is 0 Å². The number of rotatable bonds is 8. The minimum absolute atomic E-state index is 0.0986. The van der Waals surface area contributed by atoms with Crippen molar-refractivity contribution in [1.29, 1.82) is 0 Å². The Morgan fingerprint density at radius 2 is 1.92 bits per heavy atom.